The lowest BCUT2D eigenvalue weighted by Gasteiger charge is -2.44. The van der Waals surface area contributed by atoms with Gasteiger partial charge in [-0.3, -0.25) is 9.59 Å². The molecule has 2 aromatic rings. The maximum atomic E-state index is 12.5. The van der Waals surface area contributed by atoms with Crippen molar-refractivity contribution >= 4 is 35.6 Å². The first-order chi connectivity index (χ1) is 13.6. The van der Waals surface area contributed by atoms with E-state index in [1.165, 1.54) is 32.9 Å². The van der Waals surface area contributed by atoms with Crippen LogP contribution in [0.3, 0.4) is 0 Å². The van der Waals surface area contributed by atoms with E-state index in [9.17, 15) is 9.59 Å². The van der Waals surface area contributed by atoms with Crippen molar-refractivity contribution in [3.8, 4) is 11.1 Å². The molecule has 154 valence electrons. The first-order valence-corrected chi connectivity index (χ1v) is 10.1. The molecule has 2 amide bonds. The van der Waals surface area contributed by atoms with Gasteiger partial charge in [0.05, 0.1) is 0 Å². The zero-order chi connectivity index (χ0) is 19.5. The number of carbonyl (C=O) groups excluding carboxylic acids is 2. The number of piperidine rings is 3. The predicted molar refractivity (Wildman–Crippen MR) is 119 cm³/mol. The quantitative estimate of drug-likeness (QED) is 0.763. The Balaban J connectivity index is 0.00000240. The van der Waals surface area contributed by atoms with Gasteiger partial charge in [-0.05, 0) is 73.2 Å². The molecule has 5 rings (SSSR count). The minimum absolute atomic E-state index is 0. The smallest absolute Gasteiger partial charge is 0.224 e. The van der Waals surface area contributed by atoms with Gasteiger partial charge >= 0.3 is 0 Å². The fourth-order valence-corrected chi connectivity index (χ4v) is 4.49. The SMILES string of the molecule is CC(=O)Nc1cccc(-c2ccc(NC(=O)CC3CN4CCC3CC4)cc2)c1.Cl. The van der Waals surface area contributed by atoms with E-state index in [2.05, 4.69) is 15.5 Å². The number of rotatable bonds is 5. The van der Waals surface area contributed by atoms with Crippen molar-refractivity contribution in [1.29, 1.82) is 0 Å². The van der Waals surface area contributed by atoms with Crippen LogP contribution in [0.5, 0.6) is 0 Å². The van der Waals surface area contributed by atoms with Crippen molar-refractivity contribution in [2.75, 3.05) is 30.3 Å². The molecule has 3 saturated heterocycles. The van der Waals surface area contributed by atoms with Gasteiger partial charge in [0.2, 0.25) is 11.8 Å². The van der Waals surface area contributed by atoms with E-state index in [-0.39, 0.29) is 24.2 Å². The van der Waals surface area contributed by atoms with E-state index in [1.807, 2.05) is 48.5 Å². The predicted octanol–water partition coefficient (Wildman–Crippen LogP) is 4.40. The molecule has 1 atom stereocenters. The summed E-state index contributed by atoms with van der Waals surface area (Å²) < 4.78 is 0. The van der Waals surface area contributed by atoms with Gasteiger partial charge in [-0.1, -0.05) is 24.3 Å². The molecule has 3 heterocycles. The molecule has 3 aliphatic rings. The fraction of sp³-hybridized carbons (Fsp3) is 0.391. The van der Waals surface area contributed by atoms with E-state index in [4.69, 9.17) is 0 Å². The summed E-state index contributed by atoms with van der Waals surface area (Å²) in [5.41, 5.74) is 3.67. The maximum absolute atomic E-state index is 12.5. The lowest BCUT2D eigenvalue weighted by molar-refractivity contribution is -0.118. The average Bonchev–Trinajstić information content (AvgIpc) is 2.69. The van der Waals surface area contributed by atoms with E-state index < -0.39 is 0 Å². The highest BCUT2D eigenvalue weighted by molar-refractivity contribution is 5.91. The number of anilines is 2. The number of nitrogens with zero attached hydrogens (tertiary/aromatic N) is 1. The minimum Gasteiger partial charge on any atom is -0.326 e. The van der Waals surface area contributed by atoms with Gasteiger partial charge < -0.3 is 15.5 Å². The zero-order valence-electron chi connectivity index (χ0n) is 16.7. The summed E-state index contributed by atoms with van der Waals surface area (Å²) >= 11 is 0. The summed E-state index contributed by atoms with van der Waals surface area (Å²) in [6.07, 6.45) is 3.09. The lowest BCUT2D eigenvalue weighted by Crippen LogP contribution is -2.48. The minimum atomic E-state index is -0.0850. The molecule has 0 saturated carbocycles. The Hall–Kier alpha value is -2.37. The summed E-state index contributed by atoms with van der Waals surface area (Å²) in [7, 11) is 0. The number of benzene rings is 2. The summed E-state index contributed by atoms with van der Waals surface area (Å²) in [5.74, 6) is 1.24. The van der Waals surface area contributed by atoms with Crippen LogP contribution in [-0.4, -0.2) is 36.3 Å². The van der Waals surface area contributed by atoms with E-state index in [0.29, 0.717) is 18.3 Å². The first kappa shape index (κ1) is 21.3. The van der Waals surface area contributed by atoms with Crippen LogP contribution in [0, 0.1) is 11.8 Å². The molecule has 3 aliphatic heterocycles. The molecule has 2 N–H and O–H groups in total. The third-order valence-electron chi connectivity index (χ3n) is 5.92. The third-order valence-corrected chi connectivity index (χ3v) is 5.92. The number of carbonyl (C=O) groups is 2. The molecule has 29 heavy (non-hydrogen) atoms. The third kappa shape index (κ3) is 5.37. The van der Waals surface area contributed by atoms with Gasteiger partial charge in [0.25, 0.3) is 0 Å². The van der Waals surface area contributed by atoms with Gasteiger partial charge in [-0.25, -0.2) is 0 Å². The Morgan fingerprint density at radius 2 is 1.69 bits per heavy atom. The number of halogens is 1. The highest BCUT2D eigenvalue weighted by atomic mass is 35.5. The largest absolute Gasteiger partial charge is 0.326 e. The Kier molecular flexibility index (Phi) is 6.93. The summed E-state index contributed by atoms with van der Waals surface area (Å²) in [6.45, 7) is 4.97. The Morgan fingerprint density at radius 1 is 0.966 bits per heavy atom. The number of hydrogen-bond donors (Lipinski definition) is 2. The van der Waals surface area contributed by atoms with Crippen LogP contribution in [0.1, 0.15) is 26.2 Å². The van der Waals surface area contributed by atoms with Crippen LogP contribution in [-0.2, 0) is 9.59 Å². The molecule has 6 heteroatoms. The van der Waals surface area contributed by atoms with Gasteiger partial charge in [0.15, 0.2) is 0 Å². The number of hydrogen-bond acceptors (Lipinski definition) is 3. The molecular weight excluding hydrogens is 386 g/mol. The Morgan fingerprint density at radius 3 is 2.31 bits per heavy atom. The van der Waals surface area contributed by atoms with Gasteiger partial charge in [0, 0.05) is 31.3 Å². The van der Waals surface area contributed by atoms with Crippen molar-refractivity contribution in [1.82, 2.24) is 4.90 Å². The van der Waals surface area contributed by atoms with Crippen molar-refractivity contribution in [2.45, 2.75) is 26.2 Å². The molecule has 2 aromatic carbocycles. The second-order valence-corrected chi connectivity index (χ2v) is 7.99. The van der Waals surface area contributed by atoms with Gasteiger partial charge in [-0.15, -0.1) is 12.4 Å². The molecule has 2 bridgehead atoms. The lowest BCUT2D eigenvalue weighted by atomic mass is 9.77. The zero-order valence-corrected chi connectivity index (χ0v) is 17.5. The average molecular weight is 414 g/mol. The Bertz CT molecular complexity index is 861. The fourth-order valence-electron chi connectivity index (χ4n) is 4.49. The monoisotopic (exact) mass is 413 g/mol. The van der Waals surface area contributed by atoms with Crippen molar-refractivity contribution in [3.63, 3.8) is 0 Å². The van der Waals surface area contributed by atoms with Gasteiger partial charge in [-0.2, -0.15) is 0 Å². The standard InChI is InChI=1S/C23H27N3O2.ClH/c1-16(27)24-22-4-2-3-19(13-22)17-5-7-21(8-6-17)25-23(28)14-20-15-26-11-9-18(20)10-12-26;/h2-8,13,18,20H,9-12,14-15H2,1H3,(H,24,27)(H,25,28);1H. The number of amides is 2. The maximum Gasteiger partial charge on any atom is 0.224 e. The van der Waals surface area contributed by atoms with Crippen molar-refractivity contribution in [2.24, 2.45) is 11.8 Å². The second-order valence-electron chi connectivity index (χ2n) is 7.99. The first-order valence-electron chi connectivity index (χ1n) is 10.1. The normalized spacial score (nSPS) is 22.4. The van der Waals surface area contributed by atoms with Crippen molar-refractivity contribution < 1.29 is 9.59 Å². The molecule has 1 unspecified atom stereocenters. The molecule has 5 nitrogen and oxygen atoms in total. The van der Waals surface area contributed by atoms with Crippen LogP contribution in [0.25, 0.3) is 11.1 Å². The summed E-state index contributed by atoms with van der Waals surface area (Å²) in [5, 5.41) is 5.85. The molecule has 0 radical (unpaired) electrons. The summed E-state index contributed by atoms with van der Waals surface area (Å²) in [6, 6.07) is 15.6. The van der Waals surface area contributed by atoms with Crippen LogP contribution in [0.15, 0.2) is 48.5 Å². The van der Waals surface area contributed by atoms with Gasteiger partial charge in [0.1, 0.15) is 0 Å². The van der Waals surface area contributed by atoms with Crippen molar-refractivity contribution in [3.05, 3.63) is 48.5 Å². The molecular formula is C23H28ClN3O2. The molecule has 0 aromatic heterocycles. The van der Waals surface area contributed by atoms with E-state index in [1.54, 1.807) is 0 Å². The van der Waals surface area contributed by atoms with Crippen LogP contribution in [0.2, 0.25) is 0 Å². The number of nitrogens with one attached hydrogen (secondary N) is 2. The van der Waals surface area contributed by atoms with Crippen LogP contribution < -0.4 is 10.6 Å². The highest BCUT2D eigenvalue weighted by Gasteiger charge is 2.34. The van der Waals surface area contributed by atoms with E-state index in [0.717, 1.165) is 29.0 Å². The van der Waals surface area contributed by atoms with Crippen LogP contribution >= 0.6 is 12.4 Å². The van der Waals surface area contributed by atoms with Crippen LogP contribution in [0.4, 0.5) is 11.4 Å². The Labute approximate surface area is 178 Å². The van der Waals surface area contributed by atoms with E-state index >= 15 is 0 Å². The molecule has 0 aliphatic carbocycles. The number of fused-ring (bicyclic) bond motifs is 3. The topological polar surface area (TPSA) is 61.4 Å². The summed E-state index contributed by atoms with van der Waals surface area (Å²) in [4.78, 5) is 26.2. The highest BCUT2D eigenvalue weighted by Crippen LogP contribution is 2.34. The molecule has 0 spiro atoms. The molecule has 3 fully saturated rings. The second kappa shape index (κ2) is 9.42.